The first-order valence-corrected chi connectivity index (χ1v) is 3.52. The molecule has 0 atom stereocenters. The van der Waals surface area contributed by atoms with E-state index in [0.717, 1.165) is 0 Å². The summed E-state index contributed by atoms with van der Waals surface area (Å²) in [6.45, 7) is 3.50. The fourth-order valence-corrected chi connectivity index (χ4v) is 0.909. The van der Waals surface area contributed by atoms with Crippen LogP contribution in [0.3, 0.4) is 0 Å². The number of nitrogens with zero attached hydrogens (tertiary/aromatic N) is 3. The molecule has 1 rings (SSSR count). The second-order valence-corrected chi connectivity index (χ2v) is 2.32. The maximum absolute atomic E-state index is 10.2. The minimum absolute atomic E-state index is 0.0116. The molecule has 6 heteroatoms. The van der Waals surface area contributed by atoms with Gasteiger partial charge < -0.3 is 0 Å². The zero-order chi connectivity index (χ0) is 9.56. The molecule has 0 aliphatic rings. The van der Waals surface area contributed by atoms with Gasteiger partial charge in [-0.15, -0.1) is 0 Å². The van der Waals surface area contributed by atoms with E-state index in [1.54, 1.807) is 0 Å². The number of nitro groups is 1. The third-order valence-corrected chi connectivity index (χ3v) is 1.55. The number of hydrogen-bond acceptors (Lipinski definition) is 4. The standard InChI is InChI=1S/C5H3BrN2O2.CHN/c6-5-4(8(9)10)2-1-3-7-5;1-2/h1-3H;1H. The lowest BCUT2D eigenvalue weighted by Crippen LogP contribution is -1.89. The van der Waals surface area contributed by atoms with Crippen molar-refractivity contribution in [3.8, 4) is 6.57 Å². The molecular formula is C6H4BrN3O2. The van der Waals surface area contributed by atoms with Gasteiger partial charge in [0.05, 0.1) is 4.92 Å². The second kappa shape index (κ2) is 5.21. The van der Waals surface area contributed by atoms with E-state index < -0.39 is 4.92 Å². The molecule has 0 unspecified atom stereocenters. The quantitative estimate of drug-likeness (QED) is 0.419. The highest BCUT2D eigenvalue weighted by atomic mass is 79.9. The first-order valence-electron chi connectivity index (χ1n) is 2.72. The Morgan fingerprint density at radius 2 is 2.25 bits per heavy atom. The van der Waals surface area contributed by atoms with Crippen molar-refractivity contribution in [1.82, 2.24) is 4.98 Å². The van der Waals surface area contributed by atoms with Gasteiger partial charge >= 0.3 is 5.69 Å². The highest BCUT2D eigenvalue weighted by Crippen LogP contribution is 2.19. The lowest BCUT2D eigenvalue weighted by Gasteiger charge is -1.90. The van der Waals surface area contributed by atoms with Crippen molar-refractivity contribution in [3.05, 3.63) is 33.0 Å². The number of aromatic nitrogens is 1. The molecule has 0 bridgehead atoms. The molecule has 62 valence electrons. The topological polar surface area (TPSA) is 79.8 Å². The van der Waals surface area contributed by atoms with Crippen LogP contribution in [0, 0.1) is 21.9 Å². The Kier molecular flexibility index (Phi) is 4.57. The zero-order valence-electron chi connectivity index (χ0n) is 5.85. The Hall–Kier alpha value is -1.48. The summed E-state index contributed by atoms with van der Waals surface area (Å²) in [5.41, 5.74) is -0.0116. The molecule has 1 aromatic rings. The monoisotopic (exact) mass is 229 g/mol. The van der Waals surface area contributed by atoms with E-state index in [0.29, 0.717) is 0 Å². The summed E-state index contributed by atoms with van der Waals surface area (Å²) in [4.78, 5) is 13.3. The Morgan fingerprint density at radius 3 is 2.58 bits per heavy atom. The number of halogens is 1. The van der Waals surface area contributed by atoms with E-state index in [-0.39, 0.29) is 10.3 Å². The van der Waals surface area contributed by atoms with Gasteiger partial charge in [-0.25, -0.2) is 10.2 Å². The molecule has 12 heavy (non-hydrogen) atoms. The molecule has 0 aliphatic carbocycles. The number of rotatable bonds is 1. The summed E-state index contributed by atoms with van der Waals surface area (Å²) in [5, 5.41) is 16.7. The predicted octanol–water partition coefficient (Wildman–Crippen LogP) is 1.89. The average molecular weight is 230 g/mol. The Labute approximate surface area is 76.9 Å². The van der Waals surface area contributed by atoms with Crippen LogP contribution in [0.15, 0.2) is 22.9 Å². The maximum atomic E-state index is 10.2. The lowest BCUT2D eigenvalue weighted by atomic mass is 10.4. The summed E-state index contributed by atoms with van der Waals surface area (Å²) >= 11 is 2.94. The molecule has 0 saturated heterocycles. The van der Waals surface area contributed by atoms with Crippen molar-refractivity contribution in [2.24, 2.45) is 0 Å². The van der Waals surface area contributed by atoms with Crippen molar-refractivity contribution in [1.29, 1.82) is 5.26 Å². The number of pyridine rings is 1. The molecule has 0 fully saturated rings. The molecule has 0 saturated carbocycles. The first kappa shape index (κ1) is 10.5. The van der Waals surface area contributed by atoms with Crippen LogP contribution in [0.4, 0.5) is 5.69 Å². The van der Waals surface area contributed by atoms with E-state index in [1.807, 2.05) is 0 Å². The van der Waals surface area contributed by atoms with Gasteiger partial charge in [0.25, 0.3) is 0 Å². The molecule has 5 nitrogen and oxygen atoms in total. The summed E-state index contributed by atoms with van der Waals surface area (Å²) < 4.78 is 0.264. The van der Waals surface area contributed by atoms with Crippen LogP contribution >= 0.6 is 15.9 Å². The summed E-state index contributed by atoms with van der Waals surface area (Å²) in [6, 6.07) is 2.90. The highest BCUT2D eigenvalue weighted by Gasteiger charge is 2.09. The van der Waals surface area contributed by atoms with Crippen LogP contribution in [0.25, 0.3) is 0 Å². The van der Waals surface area contributed by atoms with E-state index >= 15 is 0 Å². The van der Waals surface area contributed by atoms with Crippen molar-refractivity contribution in [2.45, 2.75) is 0 Å². The SMILES string of the molecule is C#N.O=[N+]([O-])c1cccnc1Br. The van der Waals surface area contributed by atoms with E-state index in [9.17, 15) is 10.1 Å². The van der Waals surface area contributed by atoms with Gasteiger partial charge in [0.2, 0.25) is 0 Å². The number of nitriles is 1. The Bertz CT molecular complexity index is 300. The van der Waals surface area contributed by atoms with Gasteiger partial charge in [0, 0.05) is 18.8 Å². The molecule has 0 aromatic carbocycles. The summed E-state index contributed by atoms with van der Waals surface area (Å²) in [7, 11) is 0. The molecule has 1 heterocycles. The van der Waals surface area contributed by atoms with Crippen molar-refractivity contribution in [3.63, 3.8) is 0 Å². The van der Waals surface area contributed by atoms with Gasteiger partial charge in [0.1, 0.15) is 0 Å². The lowest BCUT2D eigenvalue weighted by molar-refractivity contribution is -0.386. The normalized spacial score (nSPS) is 7.92. The molecule has 0 aliphatic heterocycles. The van der Waals surface area contributed by atoms with Crippen LogP contribution in [0.2, 0.25) is 0 Å². The van der Waals surface area contributed by atoms with Crippen LogP contribution in [0.5, 0.6) is 0 Å². The molecule has 0 amide bonds. The average Bonchev–Trinajstić information content (AvgIpc) is 2.08. The minimum atomic E-state index is -0.489. The molecular weight excluding hydrogens is 226 g/mol. The van der Waals surface area contributed by atoms with Crippen LogP contribution < -0.4 is 0 Å². The number of hydrogen-bond donors (Lipinski definition) is 0. The van der Waals surface area contributed by atoms with Gasteiger partial charge in [-0.05, 0) is 22.0 Å². The van der Waals surface area contributed by atoms with Crippen molar-refractivity contribution in [2.75, 3.05) is 0 Å². The third kappa shape index (κ3) is 2.64. The van der Waals surface area contributed by atoms with Gasteiger partial charge in [-0.1, -0.05) is 0 Å². The van der Waals surface area contributed by atoms with Gasteiger partial charge in [-0.3, -0.25) is 10.1 Å². The van der Waals surface area contributed by atoms with Crippen LogP contribution in [-0.4, -0.2) is 9.91 Å². The molecule has 0 radical (unpaired) electrons. The smallest absolute Gasteiger partial charge is 0.258 e. The van der Waals surface area contributed by atoms with E-state index in [2.05, 4.69) is 27.5 Å². The summed E-state index contributed by atoms with van der Waals surface area (Å²) in [6.07, 6.45) is 1.48. The van der Waals surface area contributed by atoms with Crippen molar-refractivity contribution < 1.29 is 4.92 Å². The van der Waals surface area contributed by atoms with Gasteiger partial charge in [-0.2, -0.15) is 0 Å². The van der Waals surface area contributed by atoms with Gasteiger partial charge in [0.15, 0.2) is 4.60 Å². The third-order valence-electron chi connectivity index (χ3n) is 0.936. The highest BCUT2D eigenvalue weighted by molar-refractivity contribution is 9.10. The Morgan fingerprint density at radius 1 is 1.67 bits per heavy atom. The molecule has 0 N–H and O–H groups in total. The Balaban J connectivity index is 0.000000561. The van der Waals surface area contributed by atoms with Crippen molar-refractivity contribution >= 4 is 21.6 Å². The fraction of sp³-hybridized carbons (Fsp3) is 0. The zero-order valence-corrected chi connectivity index (χ0v) is 7.43. The largest absolute Gasteiger partial charge is 0.301 e. The second-order valence-electron chi connectivity index (χ2n) is 1.57. The minimum Gasteiger partial charge on any atom is -0.258 e. The predicted molar refractivity (Wildman–Crippen MR) is 45.3 cm³/mol. The van der Waals surface area contributed by atoms with Crippen LogP contribution in [-0.2, 0) is 0 Å². The van der Waals surface area contributed by atoms with Crippen LogP contribution in [0.1, 0.15) is 0 Å². The first-order chi connectivity index (χ1) is 5.72. The van der Waals surface area contributed by atoms with E-state index in [1.165, 1.54) is 18.3 Å². The fourth-order valence-electron chi connectivity index (χ4n) is 0.514. The maximum Gasteiger partial charge on any atom is 0.301 e. The van der Waals surface area contributed by atoms with E-state index in [4.69, 9.17) is 5.26 Å². The molecule has 0 spiro atoms. The molecule has 1 aromatic heterocycles. The summed E-state index contributed by atoms with van der Waals surface area (Å²) in [5.74, 6) is 0.